The molecule has 0 aromatic carbocycles. The van der Waals surface area contributed by atoms with E-state index in [4.69, 9.17) is 4.55 Å². The van der Waals surface area contributed by atoms with Crippen LogP contribution in [0, 0.1) is 0 Å². The molecule has 1 atom stereocenters. The van der Waals surface area contributed by atoms with Gasteiger partial charge in [-0.1, -0.05) is 19.3 Å². The molecule has 1 aliphatic heterocycles. The van der Waals surface area contributed by atoms with E-state index in [0.29, 0.717) is 6.42 Å². The molecule has 1 unspecified atom stereocenters. The molecule has 1 saturated heterocycles. The fourth-order valence-corrected chi connectivity index (χ4v) is 2.80. The third-order valence-corrected chi connectivity index (χ3v) is 3.83. The number of hydrogen-bond acceptors (Lipinski definition) is 3. The minimum absolute atomic E-state index is 0.551. The van der Waals surface area contributed by atoms with E-state index in [1.165, 1.54) is 0 Å². The van der Waals surface area contributed by atoms with Crippen molar-refractivity contribution < 1.29 is 13.0 Å². The highest BCUT2D eigenvalue weighted by Crippen LogP contribution is 2.18. The van der Waals surface area contributed by atoms with Crippen LogP contribution in [-0.2, 0) is 10.1 Å². The van der Waals surface area contributed by atoms with E-state index in [9.17, 15) is 8.42 Å². The van der Waals surface area contributed by atoms with E-state index in [2.05, 4.69) is 0 Å². The summed E-state index contributed by atoms with van der Waals surface area (Å²) in [5, 5.41) is -0.687. The van der Waals surface area contributed by atoms with Crippen molar-refractivity contribution >= 4 is 10.1 Å². The Bertz CT molecular complexity index is 250. The van der Waals surface area contributed by atoms with Gasteiger partial charge >= 0.3 is 0 Å². The van der Waals surface area contributed by atoms with Crippen LogP contribution in [0.15, 0.2) is 0 Å². The molecule has 0 saturated carbocycles. The summed E-state index contributed by atoms with van der Waals surface area (Å²) >= 11 is 0. The predicted octanol–water partition coefficient (Wildman–Crippen LogP) is 1.10. The van der Waals surface area contributed by atoms with Crippen LogP contribution in [0.25, 0.3) is 0 Å². The third kappa shape index (κ3) is 3.25. The van der Waals surface area contributed by atoms with E-state index in [0.717, 1.165) is 32.2 Å². The van der Waals surface area contributed by atoms with Crippen LogP contribution >= 0.6 is 0 Å². The molecule has 0 bridgehead atoms. The van der Waals surface area contributed by atoms with Gasteiger partial charge in [-0.3, -0.25) is 9.45 Å². The molecular formula is C8H17NO3S. The average molecular weight is 207 g/mol. The summed E-state index contributed by atoms with van der Waals surface area (Å²) < 4.78 is 30.9. The summed E-state index contributed by atoms with van der Waals surface area (Å²) in [4.78, 5) is 1.73. The molecule has 0 amide bonds. The van der Waals surface area contributed by atoms with Crippen molar-refractivity contribution in [2.75, 3.05) is 13.6 Å². The second-order valence-electron chi connectivity index (χ2n) is 3.65. The van der Waals surface area contributed by atoms with Gasteiger partial charge in [-0.2, -0.15) is 8.42 Å². The first kappa shape index (κ1) is 10.9. The highest BCUT2D eigenvalue weighted by atomic mass is 32.2. The van der Waals surface area contributed by atoms with Crippen LogP contribution < -0.4 is 0 Å². The maximum absolute atomic E-state index is 11.0. The largest absolute Gasteiger partial charge is 0.288 e. The van der Waals surface area contributed by atoms with Gasteiger partial charge in [0, 0.05) is 0 Å². The Kier molecular flexibility index (Phi) is 3.70. The lowest BCUT2D eigenvalue weighted by Gasteiger charge is -2.27. The molecule has 0 aliphatic carbocycles. The maximum atomic E-state index is 11.0. The second kappa shape index (κ2) is 4.39. The Morgan fingerprint density at radius 1 is 1.23 bits per heavy atom. The van der Waals surface area contributed by atoms with Gasteiger partial charge in [0.2, 0.25) is 0 Å². The van der Waals surface area contributed by atoms with E-state index in [1.54, 1.807) is 11.9 Å². The lowest BCUT2D eigenvalue weighted by atomic mass is 10.1. The molecule has 1 aliphatic rings. The van der Waals surface area contributed by atoms with Gasteiger partial charge in [0.25, 0.3) is 10.1 Å². The monoisotopic (exact) mass is 207 g/mol. The van der Waals surface area contributed by atoms with Gasteiger partial charge in [0.05, 0.1) is 0 Å². The zero-order valence-corrected chi connectivity index (χ0v) is 8.76. The van der Waals surface area contributed by atoms with Crippen LogP contribution in [0.1, 0.15) is 32.1 Å². The zero-order chi connectivity index (χ0) is 9.90. The first-order chi connectivity index (χ1) is 6.02. The molecule has 78 valence electrons. The summed E-state index contributed by atoms with van der Waals surface area (Å²) in [5.41, 5.74) is 0. The fraction of sp³-hybridized carbons (Fsp3) is 1.00. The number of hydrogen-bond donors (Lipinski definition) is 1. The maximum Gasteiger partial charge on any atom is 0.281 e. The van der Waals surface area contributed by atoms with Crippen molar-refractivity contribution in [1.82, 2.24) is 4.90 Å². The highest BCUT2D eigenvalue weighted by Gasteiger charge is 2.27. The van der Waals surface area contributed by atoms with E-state index < -0.39 is 15.5 Å². The number of nitrogens with zero attached hydrogens (tertiary/aromatic N) is 1. The van der Waals surface area contributed by atoms with Gasteiger partial charge in [0.1, 0.15) is 5.37 Å². The van der Waals surface area contributed by atoms with Crippen LogP contribution in [0.4, 0.5) is 0 Å². The van der Waals surface area contributed by atoms with Crippen molar-refractivity contribution in [1.29, 1.82) is 0 Å². The second-order valence-corrected chi connectivity index (χ2v) is 5.23. The summed E-state index contributed by atoms with van der Waals surface area (Å²) in [7, 11) is -2.13. The molecule has 0 spiro atoms. The molecular weight excluding hydrogens is 190 g/mol. The molecule has 13 heavy (non-hydrogen) atoms. The number of rotatable bonds is 1. The van der Waals surface area contributed by atoms with E-state index >= 15 is 0 Å². The van der Waals surface area contributed by atoms with Crippen LogP contribution in [0.2, 0.25) is 0 Å². The Morgan fingerprint density at radius 3 is 2.46 bits per heavy atom. The van der Waals surface area contributed by atoms with Gasteiger partial charge in [-0.05, 0) is 26.4 Å². The van der Waals surface area contributed by atoms with Crippen molar-refractivity contribution in [2.45, 2.75) is 37.5 Å². The van der Waals surface area contributed by atoms with Gasteiger partial charge < -0.3 is 0 Å². The molecule has 1 N–H and O–H groups in total. The summed E-state index contributed by atoms with van der Waals surface area (Å²) in [6.07, 6.45) is 4.68. The molecule has 1 heterocycles. The van der Waals surface area contributed by atoms with E-state index in [-0.39, 0.29) is 0 Å². The lowest BCUT2D eigenvalue weighted by molar-refractivity contribution is 0.250. The Morgan fingerprint density at radius 2 is 1.85 bits per heavy atom. The molecule has 1 fully saturated rings. The van der Waals surface area contributed by atoms with Crippen molar-refractivity contribution in [3.63, 3.8) is 0 Å². The lowest BCUT2D eigenvalue weighted by Crippen LogP contribution is -2.39. The topological polar surface area (TPSA) is 57.6 Å². The van der Waals surface area contributed by atoms with Crippen LogP contribution in [0.5, 0.6) is 0 Å². The third-order valence-electron chi connectivity index (χ3n) is 2.55. The molecule has 0 aromatic rings. The molecule has 0 aromatic heterocycles. The fourth-order valence-electron chi connectivity index (χ4n) is 1.77. The smallest absolute Gasteiger partial charge is 0.281 e. The summed E-state index contributed by atoms with van der Waals surface area (Å²) in [6, 6.07) is 0. The Balaban J connectivity index is 2.67. The minimum atomic E-state index is -3.89. The molecule has 4 nitrogen and oxygen atoms in total. The van der Waals surface area contributed by atoms with Gasteiger partial charge in [-0.25, -0.2) is 0 Å². The normalized spacial score (nSPS) is 28.0. The number of likely N-dealkylation sites (tertiary alicyclic amines) is 1. The first-order valence-electron chi connectivity index (χ1n) is 4.68. The average Bonchev–Trinajstić information content (AvgIpc) is 1.94. The quantitative estimate of drug-likeness (QED) is 0.654. The van der Waals surface area contributed by atoms with Gasteiger partial charge in [-0.15, -0.1) is 0 Å². The highest BCUT2D eigenvalue weighted by molar-refractivity contribution is 7.86. The van der Waals surface area contributed by atoms with Gasteiger partial charge in [0.15, 0.2) is 0 Å². The standard InChI is InChI=1S/C8H17NO3S/c1-9-7-5-3-2-4-6-8(9)13(10,11)12/h8H,2-7H2,1H3,(H,10,11,12). The SMILES string of the molecule is CN1CCCCCCC1S(=O)(=O)O. The van der Waals surface area contributed by atoms with Crippen molar-refractivity contribution in [2.24, 2.45) is 0 Å². The predicted molar refractivity (Wildman–Crippen MR) is 51.1 cm³/mol. The molecule has 1 rings (SSSR count). The Hall–Kier alpha value is -0.130. The van der Waals surface area contributed by atoms with Crippen LogP contribution in [-0.4, -0.2) is 36.8 Å². The van der Waals surface area contributed by atoms with Crippen molar-refractivity contribution in [3.8, 4) is 0 Å². The summed E-state index contributed by atoms with van der Waals surface area (Å²) in [6.45, 7) is 0.754. The van der Waals surface area contributed by atoms with E-state index in [1.807, 2.05) is 0 Å². The molecule has 0 radical (unpaired) electrons. The summed E-state index contributed by atoms with van der Waals surface area (Å²) in [5.74, 6) is 0. The minimum Gasteiger partial charge on any atom is -0.288 e. The first-order valence-corrected chi connectivity index (χ1v) is 6.18. The Labute approximate surface area is 79.7 Å². The van der Waals surface area contributed by atoms with Crippen LogP contribution in [0.3, 0.4) is 0 Å². The molecule has 5 heteroatoms. The zero-order valence-electron chi connectivity index (χ0n) is 7.94. The van der Waals surface area contributed by atoms with Crippen molar-refractivity contribution in [3.05, 3.63) is 0 Å².